The standard InChI is InChI=1S/C20H24ClN3O5/c1-23-11-17(21)18(22-23)12-24-7-8-28-16(10-24)13-29-15-5-3-14(4-6-15)19(25)9-20(26)27-2/h3-6,11,16H,7-10,12-13H2,1-2H3. The normalized spacial score (nSPS) is 17.1. The molecule has 0 radical (unpaired) electrons. The topological polar surface area (TPSA) is 82.9 Å². The molecule has 1 aliphatic rings. The first kappa shape index (κ1) is 21.3. The molecule has 8 nitrogen and oxygen atoms in total. The molecular weight excluding hydrogens is 398 g/mol. The number of aromatic nitrogens is 2. The molecule has 0 N–H and O–H groups in total. The van der Waals surface area contributed by atoms with Crippen LogP contribution in [0.15, 0.2) is 30.5 Å². The van der Waals surface area contributed by atoms with Gasteiger partial charge in [-0.3, -0.25) is 19.2 Å². The lowest BCUT2D eigenvalue weighted by Crippen LogP contribution is -2.44. The Morgan fingerprint density at radius 1 is 1.31 bits per heavy atom. The summed E-state index contributed by atoms with van der Waals surface area (Å²) in [5, 5.41) is 5.04. The summed E-state index contributed by atoms with van der Waals surface area (Å²) in [7, 11) is 3.10. The molecule has 2 aromatic rings. The fourth-order valence-corrected chi connectivity index (χ4v) is 3.32. The van der Waals surface area contributed by atoms with Crippen molar-refractivity contribution in [2.45, 2.75) is 19.1 Å². The van der Waals surface area contributed by atoms with Gasteiger partial charge < -0.3 is 14.2 Å². The van der Waals surface area contributed by atoms with Crippen molar-refractivity contribution in [1.29, 1.82) is 0 Å². The van der Waals surface area contributed by atoms with Gasteiger partial charge in [-0.1, -0.05) is 11.6 Å². The number of benzene rings is 1. The minimum atomic E-state index is -0.554. The second-order valence-corrected chi connectivity index (χ2v) is 7.24. The van der Waals surface area contributed by atoms with Gasteiger partial charge in [0.15, 0.2) is 5.78 Å². The van der Waals surface area contributed by atoms with Crippen molar-refractivity contribution in [2.24, 2.45) is 7.05 Å². The molecule has 1 unspecified atom stereocenters. The van der Waals surface area contributed by atoms with Crippen molar-refractivity contribution in [2.75, 3.05) is 33.4 Å². The number of hydrogen-bond acceptors (Lipinski definition) is 7. The molecule has 2 heterocycles. The molecule has 0 bridgehead atoms. The van der Waals surface area contributed by atoms with Crippen LogP contribution in [0.4, 0.5) is 0 Å². The number of nitrogens with zero attached hydrogens (tertiary/aromatic N) is 3. The number of carbonyl (C=O) groups excluding carboxylic acids is 2. The fraction of sp³-hybridized carbons (Fsp3) is 0.450. The summed E-state index contributed by atoms with van der Waals surface area (Å²) in [4.78, 5) is 25.4. The Bertz CT molecular complexity index is 852. The summed E-state index contributed by atoms with van der Waals surface area (Å²) in [6.07, 6.45) is 1.44. The molecule has 1 aliphatic heterocycles. The lowest BCUT2D eigenvalue weighted by atomic mass is 10.1. The maximum atomic E-state index is 12.0. The Kier molecular flexibility index (Phi) is 7.24. The number of esters is 1. The summed E-state index contributed by atoms with van der Waals surface area (Å²) < 4.78 is 17.8. The van der Waals surface area contributed by atoms with E-state index in [0.29, 0.717) is 42.6 Å². The number of Topliss-reactive ketones (excluding diaryl/α,β-unsaturated/α-hetero) is 1. The highest BCUT2D eigenvalue weighted by Gasteiger charge is 2.23. The Labute approximate surface area is 174 Å². The lowest BCUT2D eigenvalue weighted by molar-refractivity contribution is -0.139. The number of morpholine rings is 1. The van der Waals surface area contributed by atoms with Gasteiger partial charge in [0.1, 0.15) is 24.9 Å². The van der Waals surface area contributed by atoms with Crippen LogP contribution in [0.3, 0.4) is 0 Å². The third kappa shape index (κ3) is 6.03. The van der Waals surface area contributed by atoms with E-state index in [9.17, 15) is 9.59 Å². The van der Waals surface area contributed by atoms with Gasteiger partial charge in [0, 0.05) is 38.4 Å². The van der Waals surface area contributed by atoms with Crippen LogP contribution in [0.2, 0.25) is 5.02 Å². The molecule has 3 rings (SSSR count). The molecule has 156 valence electrons. The van der Waals surface area contributed by atoms with E-state index in [1.54, 1.807) is 35.1 Å². The molecule has 29 heavy (non-hydrogen) atoms. The summed E-state index contributed by atoms with van der Waals surface area (Å²) in [6.45, 7) is 3.18. The Morgan fingerprint density at radius 2 is 2.07 bits per heavy atom. The highest BCUT2D eigenvalue weighted by molar-refractivity contribution is 6.31. The van der Waals surface area contributed by atoms with Gasteiger partial charge in [-0.25, -0.2) is 0 Å². The van der Waals surface area contributed by atoms with Gasteiger partial charge in [0.2, 0.25) is 0 Å². The average Bonchev–Trinajstić information content (AvgIpc) is 3.03. The number of ether oxygens (including phenoxy) is 3. The van der Waals surface area contributed by atoms with E-state index in [1.807, 2.05) is 7.05 Å². The van der Waals surface area contributed by atoms with E-state index < -0.39 is 5.97 Å². The molecule has 1 atom stereocenters. The Hall–Kier alpha value is -2.42. The van der Waals surface area contributed by atoms with Crippen molar-refractivity contribution in [3.8, 4) is 5.75 Å². The van der Waals surface area contributed by atoms with Crippen LogP contribution in [0, 0.1) is 0 Å². The van der Waals surface area contributed by atoms with E-state index in [0.717, 1.165) is 12.2 Å². The predicted molar refractivity (Wildman–Crippen MR) is 106 cm³/mol. The first-order valence-corrected chi connectivity index (χ1v) is 9.67. The highest BCUT2D eigenvalue weighted by atomic mass is 35.5. The number of rotatable bonds is 8. The largest absolute Gasteiger partial charge is 0.491 e. The average molecular weight is 422 g/mol. The third-order valence-corrected chi connectivity index (χ3v) is 4.91. The fourth-order valence-electron chi connectivity index (χ4n) is 3.08. The van der Waals surface area contributed by atoms with E-state index in [2.05, 4.69) is 14.7 Å². The Morgan fingerprint density at radius 3 is 2.72 bits per heavy atom. The minimum Gasteiger partial charge on any atom is -0.491 e. The van der Waals surface area contributed by atoms with Crippen LogP contribution < -0.4 is 4.74 Å². The summed E-state index contributed by atoms with van der Waals surface area (Å²) in [5.41, 5.74) is 1.29. The van der Waals surface area contributed by atoms with Crippen molar-refractivity contribution in [3.63, 3.8) is 0 Å². The van der Waals surface area contributed by atoms with Crippen LogP contribution in [0.1, 0.15) is 22.5 Å². The van der Waals surface area contributed by atoms with E-state index in [1.165, 1.54) is 7.11 Å². The van der Waals surface area contributed by atoms with Gasteiger partial charge in [-0.2, -0.15) is 5.10 Å². The smallest absolute Gasteiger partial charge is 0.313 e. The first-order chi connectivity index (χ1) is 13.9. The number of carbonyl (C=O) groups is 2. The van der Waals surface area contributed by atoms with Crippen LogP contribution in [-0.2, 0) is 27.9 Å². The quantitative estimate of drug-likeness (QED) is 0.366. The predicted octanol–water partition coefficient (Wildman–Crippen LogP) is 2.10. The van der Waals surface area contributed by atoms with Crippen molar-refractivity contribution in [3.05, 3.63) is 46.7 Å². The summed E-state index contributed by atoms with van der Waals surface area (Å²) in [6, 6.07) is 6.69. The van der Waals surface area contributed by atoms with Crippen molar-refractivity contribution in [1.82, 2.24) is 14.7 Å². The molecule has 0 amide bonds. The zero-order valence-corrected chi connectivity index (χ0v) is 17.2. The summed E-state index contributed by atoms with van der Waals surface area (Å²) >= 11 is 6.20. The molecule has 9 heteroatoms. The molecule has 1 saturated heterocycles. The minimum absolute atomic E-state index is 0.0770. The zero-order chi connectivity index (χ0) is 20.8. The van der Waals surface area contributed by atoms with Crippen LogP contribution in [0.5, 0.6) is 5.75 Å². The van der Waals surface area contributed by atoms with Crippen molar-refractivity contribution >= 4 is 23.4 Å². The highest BCUT2D eigenvalue weighted by Crippen LogP contribution is 2.18. The third-order valence-electron chi connectivity index (χ3n) is 4.60. The van der Waals surface area contributed by atoms with Crippen LogP contribution >= 0.6 is 11.6 Å². The number of hydrogen-bond donors (Lipinski definition) is 0. The Balaban J connectivity index is 1.48. The maximum absolute atomic E-state index is 12.0. The van der Waals surface area contributed by atoms with E-state index >= 15 is 0 Å². The number of aryl methyl sites for hydroxylation is 1. The molecule has 1 fully saturated rings. The van der Waals surface area contributed by atoms with Crippen LogP contribution in [-0.4, -0.2) is 65.9 Å². The van der Waals surface area contributed by atoms with Crippen LogP contribution in [0.25, 0.3) is 0 Å². The monoisotopic (exact) mass is 421 g/mol. The number of methoxy groups -OCH3 is 1. The first-order valence-electron chi connectivity index (χ1n) is 9.29. The maximum Gasteiger partial charge on any atom is 0.313 e. The van der Waals surface area contributed by atoms with Gasteiger partial charge in [-0.05, 0) is 24.3 Å². The SMILES string of the molecule is COC(=O)CC(=O)c1ccc(OCC2CN(Cc3nn(C)cc3Cl)CCO2)cc1. The van der Waals surface area contributed by atoms with Gasteiger partial charge >= 0.3 is 5.97 Å². The molecule has 0 aliphatic carbocycles. The molecule has 1 aromatic heterocycles. The second kappa shape index (κ2) is 9.87. The van der Waals surface area contributed by atoms with Crippen molar-refractivity contribution < 1.29 is 23.8 Å². The molecule has 0 saturated carbocycles. The number of ketones is 1. The zero-order valence-electron chi connectivity index (χ0n) is 16.5. The number of halogens is 1. The summed E-state index contributed by atoms with van der Waals surface area (Å²) in [5.74, 6) is -0.211. The van der Waals surface area contributed by atoms with Gasteiger partial charge in [-0.15, -0.1) is 0 Å². The lowest BCUT2D eigenvalue weighted by Gasteiger charge is -2.32. The molecule has 0 spiro atoms. The van der Waals surface area contributed by atoms with E-state index in [4.69, 9.17) is 21.1 Å². The van der Waals surface area contributed by atoms with Gasteiger partial charge in [0.25, 0.3) is 0 Å². The second-order valence-electron chi connectivity index (χ2n) is 6.84. The molecular formula is C20H24ClN3O5. The molecule has 1 aromatic carbocycles. The van der Waals surface area contributed by atoms with E-state index in [-0.39, 0.29) is 18.3 Å². The van der Waals surface area contributed by atoms with Gasteiger partial charge in [0.05, 0.1) is 24.4 Å².